The van der Waals surface area contributed by atoms with Gasteiger partial charge in [-0.2, -0.15) is 0 Å². The Bertz CT molecular complexity index is 816. The van der Waals surface area contributed by atoms with Gasteiger partial charge in [-0.3, -0.25) is 4.79 Å². The van der Waals surface area contributed by atoms with Crippen molar-refractivity contribution in [3.8, 4) is 9.88 Å². The number of aromatic nitrogens is 1. The van der Waals surface area contributed by atoms with Crippen molar-refractivity contribution in [2.75, 3.05) is 5.32 Å². The molecule has 118 valence electrons. The number of carbonyl (C=O) groups excluding carboxylic acids is 1. The van der Waals surface area contributed by atoms with Crippen LogP contribution in [-0.4, -0.2) is 10.9 Å². The highest BCUT2D eigenvalue weighted by molar-refractivity contribution is 7.21. The summed E-state index contributed by atoms with van der Waals surface area (Å²) in [5.74, 6) is 0.313. The molecule has 3 aromatic rings. The van der Waals surface area contributed by atoms with E-state index >= 15 is 0 Å². The molecule has 0 saturated carbocycles. The number of hydrogen-bond donors (Lipinski definition) is 1. The van der Waals surface area contributed by atoms with Crippen LogP contribution in [-0.2, 0) is 0 Å². The largest absolute Gasteiger partial charge is 0.321 e. The lowest BCUT2D eigenvalue weighted by molar-refractivity contribution is 0.102. The van der Waals surface area contributed by atoms with Crippen LogP contribution in [0.5, 0.6) is 0 Å². The first-order chi connectivity index (χ1) is 11.0. The van der Waals surface area contributed by atoms with E-state index in [1.165, 1.54) is 21.8 Å². The van der Waals surface area contributed by atoms with E-state index in [1.54, 1.807) is 11.3 Å². The molecule has 23 heavy (non-hydrogen) atoms. The van der Waals surface area contributed by atoms with Gasteiger partial charge in [0.25, 0.3) is 5.91 Å². The van der Waals surface area contributed by atoms with Crippen molar-refractivity contribution in [2.45, 2.75) is 26.7 Å². The number of nitrogens with zero attached hydrogens (tertiary/aromatic N) is 1. The van der Waals surface area contributed by atoms with Crippen LogP contribution in [0, 0.1) is 6.92 Å². The van der Waals surface area contributed by atoms with Crippen LogP contribution in [0.25, 0.3) is 9.88 Å². The van der Waals surface area contributed by atoms with Gasteiger partial charge >= 0.3 is 0 Å². The van der Waals surface area contributed by atoms with Crippen molar-refractivity contribution in [1.82, 2.24) is 4.98 Å². The number of hydrogen-bond acceptors (Lipinski definition) is 4. The van der Waals surface area contributed by atoms with Crippen LogP contribution in [0.4, 0.5) is 5.69 Å². The number of amides is 1. The van der Waals surface area contributed by atoms with Crippen molar-refractivity contribution in [3.05, 3.63) is 57.9 Å². The highest BCUT2D eigenvalue weighted by atomic mass is 32.1. The van der Waals surface area contributed by atoms with Crippen LogP contribution >= 0.6 is 22.7 Å². The van der Waals surface area contributed by atoms with Crippen LogP contribution in [0.1, 0.15) is 40.7 Å². The van der Waals surface area contributed by atoms with Gasteiger partial charge in [-0.15, -0.1) is 22.7 Å². The maximum atomic E-state index is 12.3. The third-order valence-corrected chi connectivity index (χ3v) is 5.54. The second-order valence-electron chi connectivity index (χ2n) is 5.68. The van der Waals surface area contributed by atoms with E-state index in [0.717, 1.165) is 15.6 Å². The third kappa shape index (κ3) is 3.68. The molecule has 3 nitrogen and oxygen atoms in total. The molecule has 0 aliphatic carbocycles. The van der Waals surface area contributed by atoms with Gasteiger partial charge < -0.3 is 5.32 Å². The molecule has 5 heteroatoms. The molecule has 1 amide bonds. The fourth-order valence-electron chi connectivity index (χ4n) is 2.19. The number of rotatable bonds is 4. The number of thiazole rings is 1. The van der Waals surface area contributed by atoms with Crippen molar-refractivity contribution in [1.29, 1.82) is 0 Å². The topological polar surface area (TPSA) is 42.0 Å². The molecule has 2 aromatic heterocycles. The van der Waals surface area contributed by atoms with Gasteiger partial charge in [0.2, 0.25) is 0 Å². The maximum absolute atomic E-state index is 12.3. The first-order valence-corrected chi connectivity index (χ1v) is 9.16. The SMILES string of the molecule is Cc1ccc(-c2nc(C(=O)Nc3ccc(C(C)C)cc3)cs2)s1. The molecule has 0 atom stereocenters. The summed E-state index contributed by atoms with van der Waals surface area (Å²) < 4.78 is 0. The lowest BCUT2D eigenvalue weighted by Gasteiger charge is -2.07. The Labute approximate surface area is 144 Å². The molecule has 1 N–H and O–H groups in total. The fraction of sp³-hybridized carbons (Fsp3) is 0.222. The normalized spacial score (nSPS) is 11.0. The molecular weight excluding hydrogens is 324 g/mol. The molecule has 0 bridgehead atoms. The minimum atomic E-state index is -0.168. The number of benzene rings is 1. The standard InChI is InChI=1S/C18H18N2OS2/c1-11(2)13-5-7-14(8-6-13)19-17(21)15-10-22-18(20-15)16-9-4-12(3)23-16/h4-11H,1-3H3,(H,19,21). The van der Waals surface area contributed by atoms with Gasteiger partial charge in [0.1, 0.15) is 10.7 Å². The first kappa shape index (κ1) is 15.9. The molecule has 2 heterocycles. The predicted molar refractivity (Wildman–Crippen MR) is 98.6 cm³/mol. The van der Waals surface area contributed by atoms with Gasteiger partial charge in [0.15, 0.2) is 0 Å². The van der Waals surface area contributed by atoms with E-state index in [1.807, 2.05) is 35.7 Å². The Kier molecular flexibility index (Phi) is 4.59. The summed E-state index contributed by atoms with van der Waals surface area (Å²) in [4.78, 5) is 19.1. The molecular formula is C18H18N2OS2. The zero-order valence-corrected chi connectivity index (χ0v) is 14.9. The monoisotopic (exact) mass is 342 g/mol. The Balaban J connectivity index is 1.72. The Morgan fingerprint density at radius 3 is 2.48 bits per heavy atom. The van der Waals surface area contributed by atoms with E-state index in [0.29, 0.717) is 11.6 Å². The number of thiophene rings is 1. The minimum absolute atomic E-state index is 0.168. The van der Waals surface area contributed by atoms with E-state index in [-0.39, 0.29) is 5.91 Å². The summed E-state index contributed by atoms with van der Waals surface area (Å²) in [5, 5.41) is 5.60. The predicted octanol–water partition coefficient (Wildman–Crippen LogP) is 5.56. The highest BCUT2D eigenvalue weighted by Crippen LogP contribution is 2.30. The third-order valence-electron chi connectivity index (χ3n) is 3.52. The van der Waals surface area contributed by atoms with Crippen LogP contribution in [0.3, 0.4) is 0 Å². The van der Waals surface area contributed by atoms with Crippen LogP contribution < -0.4 is 5.32 Å². The summed E-state index contributed by atoms with van der Waals surface area (Å²) in [7, 11) is 0. The molecule has 0 saturated heterocycles. The molecule has 1 aromatic carbocycles. The quantitative estimate of drug-likeness (QED) is 0.675. The zero-order valence-electron chi connectivity index (χ0n) is 13.3. The summed E-state index contributed by atoms with van der Waals surface area (Å²) in [6.07, 6.45) is 0. The van der Waals surface area contributed by atoms with E-state index in [4.69, 9.17) is 0 Å². The van der Waals surface area contributed by atoms with Crippen LogP contribution in [0.2, 0.25) is 0 Å². The van der Waals surface area contributed by atoms with Crippen molar-refractivity contribution in [2.24, 2.45) is 0 Å². The zero-order chi connectivity index (χ0) is 16.4. The summed E-state index contributed by atoms with van der Waals surface area (Å²) in [6, 6.07) is 12.1. The lowest BCUT2D eigenvalue weighted by atomic mass is 10.0. The minimum Gasteiger partial charge on any atom is -0.321 e. The summed E-state index contributed by atoms with van der Waals surface area (Å²) >= 11 is 3.19. The number of carbonyl (C=O) groups is 1. The van der Waals surface area contributed by atoms with Crippen molar-refractivity contribution in [3.63, 3.8) is 0 Å². The molecule has 3 rings (SSSR count). The number of anilines is 1. The molecule has 0 spiro atoms. The van der Waals surface area contributed by atoms with Gasteiger partial charge in [-0.05, 0) is 42.7 Å². The Morgan fingerprint density at radius 1 is 1.13 bits per heavy atom. The number of aryl methyl sites for hydroxylation is 1. The molecule has 0 unspecified atom stereocenters. The van der Waals surface area contributed by atoms with Crippen molar-refractivity contribution < 1.29 is 4.79 Å². The van der Waals surface area contributed by atoms with Crippen LogP contribution in [0.15, 0.2) is 41.8 Å². The Morgan fingerprint density at radius 2 is 1.87 bits per heavy atom. The first-order valence-electron chi connectivity index (χ1n) is 7.46. The molecule has 0 radical (unpaired) electrons. The maximum Gasteiger partial charge on any atom is 0.275 e. The van der Waals surface area contributed by atoms with E-state index in [9.17, 15) is 4.79 Å². The highest BCUT2D eigenvalue weighted by Gasteiger charge is 2.13. The lowest BCUT2D eigenvalue weighted by Crippen LogP contribution is -2.12. The van der Waals surface area contributed by atoms with Gasteiger partial charge in [0.05, 0.1) is 4.88 Å². The average molecular weight is 342 g/mol. The summed E-state index contributed by atoms with van der Waals surface area (Å²) in [6.45, 7) is 6.36. The smallest absolute Gasteiger partial charge is 0.275 e. The second kappa shape index (κ2) is 6.64. The Hall–Kier alpha value is -1.98. The van der Waals surface area contributed by atoms with Gasteiger partial charge in [0, 0.05) is 15.9 Å². The van der Waals surface area contributed by atoms with E-state index in [2.05, 4.69) is 37.1 Å². The fourth-order valence-corrected chi connectivity index (χ4v) is 3.93. The average Bonchev–Trinajstić information content (AvgIpc) is 3.16. The van der Waals surface area contributed by atoms with E-state index < -0.39 is 0 Å². The van der Waals surface area contributed by atoms with Gasteiger partial charge in [-0.25, -0.2) is 4.98 Å². The molecule has 0 aliphatic heterocycles. The van der Waals surface area contributed by atoms with Gasteiger partial charge in [-0.1, -0.05) is 26.0 Å². The molecule has 0 aliphatic rings. The summed E-state index contributed by atoms with van der Waals surface area (Å²) in [5.41, 5.74) is 2.51. The second-order valence-corrected chi connectivity index (χ2v) is 7.83. The van der Waals surface area contributed by atoms with Crippen molar-refractivity contribution >= 4 is 34.3 Å². The molecule has 0 fully saturated rings. The number of nitrogens with one attached hydrogen (secondary N) is 1.